The summed E-state index contributed by atoms with van der Waals surface area (Å²) in [5.74, 6) is 0.906. The molecule has 0 aliphatic rings. The van der Waals surface area contributed by atoms with Crippen molar-refractivity contribution in [1.29, 1.82) is 0 Å². The molecule has 3 aromatic heterocycles. The second-order valence-corrected chi connectivity index (χ2v) is 5.99. The molecule has 0 bridgehead atoms. The number of fused-ring (bicyclic) bond motifs is 2. The summed E-state index contributed by atoms with van der Waals surface area (Å²) in [6.07, 6.45) is 1.53. The van der Waals surface area contributed by atoms with Gasteiger partial charge in [-0.05, 0) is 37.6 Å². The zero-order valence-corrected chi connectivity index (χ0v) is 14.9. The number of carbonyl (C=O) groups excluding carboxylic acids is 1. The Balaban J connectivity index is 1.92. The standard InChI is InChI=1S/C17H15ClN6O2/c1-3-26-13(25)8-23-9-19-14-15(23)21-17(18)22-16(14)24-10(2)20-11-6-4-5-7-12(11)24/h4-7,9H,3,8H2,1-2H3. The molecule has 0 fully saturated rings. The van der Waals surface area contributed by atoms with Crippen molar-refractivity contribution in [3.8, 4) is 5.82 Å². The highest BCUT2D eigenvalue weighted by Crippen LogP contribution is 2.25. The van der Waals surface area contributed by atoms with Crippen molar-refractivity contribution in [3.05, 3.63) is 41.7 Å². The lowest BCUT2D eigenvalue weighted by molar-refractivity contribution is -0.143. The number of imidazole rings is 2. The largest absolute Gasteiger partial charge is 0.465 e. The summed E-state index contributed by atoms with van der Waals surface area (Å²) < 4.78 is 8.47. The first-order valence-electron chi connectivity index (χ1n) is 8.07. The number of benzene rings is 1. The van der Waals surface area contributed by atoms with Crippen molar-refractivity contribution in [2.75, 3.05) is 6.61 Å². The van der Waals surface area contributed by atoms with E-state index in [1.54, 1.807) is 11.5 Å². The lowest BCUT2D eigenvalue weighted by Gasteiger charge is -2.08. The summed E-state index contributed by atoms with van der Waals surface area (Å²) >= 11 is 6.16. The average molecular weight is 371 g/mol. The SMILES string of the molecule is CCOC(=O)Cn1cnc2c(-n3c(C)nc4ccccc43)nc(Cl)nc21. The van der Waals surface area contributed by atoms with Crippen LogP contribution >= 0.6 is 11.6 Å². The fraction of sp³-hybridized carbons (Fsp3) is 0.235. The Morgan fingerprint density at radius 2 is 2.04 bits per heavy atom. The Morgan fingerprint density at radius 3 is 2.85 bits per heavy atom. The van der Waals surface area contributed by atoms with E-state index in [1.807, 2.05) is 35.8 Å². The highest BCUT2D eigenvalue weighted by molar-refractivity contribution is 6.28. The van der Waals surface area contributed by atoms with Crippen LogP contribution in [0.15, 0.2) is 30.6 Å². The Labute approximate surface area is 153 Å². The maximum absolute atomic E-state index is 11.8. The van der Waals surface area contributed by atoms with Gasteiger partial charge >= 0.3 is 5.97 Å². The smallest absolute Gasteiger partial charge is 0.326 e. The van der Waals surface area contributed by atoms with Crippen molar-refractivity contribution in [1.82, 2.24) is 29.1 Å². The number of carbonyl (C=O) groups is 1. The Morgan fingerprint density at radius 1 is 1.23 bits per heavy atom. The van der Waals surface area contributed by atoms with Crippen LogP contribution in [-0.4, -0.2) is 41.6 Å². The second-order valence-electron chi connectivity index (χ2n) is 5.65. The summed E-state index contributed by atoms with van der Waals surface area (Å²) in [5, 5.41) is 0.0651. The van der Waals surface area contributed by atoms with Crippen LogP contribution in [0.1, 0.15) is 12.7 Å². The van der Waals surface area contributed by atoms with Crippen molar-refractivity contribution < 1.29 is 9.53 Å². The zero-order chi connectivity index (χ0) is 18.3. The van der Waals surface area contributed by atoms with Crippen molar-refractivity contribution in [2.24, 2.45) is 0 Å². The highest BCUT2D eigenvalue weighted by Gasteiger charge is 2.19. The van der Waals surface area contributed by atoms with E-state index in [0.29, 0.717) is 23.6 Å². The molecule has 4 aromatic rings. The summed E-state index contributed by atoms with van der Waals surface area (Å²) in [6.45, 7) is 3.96. The molecule has 1 aromatic carbocycles. The molecule has 8 nitrogen and oxygen atoms in total. The maximum atomic E-state index is 11.8. The highest BCUT2D eigenvalue weighted by atomic mass is 35.5. The van der Waals surface area contributed by atoms with E-state index in [0.717, 1.165) is 16.9 Å². The molecule has 0 radical (unpaired) electrons. The van der Waals surface area contributed by atoms with Crippen LogP contribution < -0.4 is 0 Å². The lowest BCUT2D eigenvalue weighted by Crippen LogP contribution is -2.13. The molecule has 0 atom stereocenters. The molecule has 0 aliphatic heterocycles. The molecule has 0 N–H and O–H groups in total. The Bertz CT molecular complexity index is 1130. The molecule has 0 amide bonds. The van der Waals surface area contributed by atoms with Gasteiger partial charge in [0.05, 0.1) is 24.0 Å². The van der Waals surface area contributed by atoms with Crippen LogP contribution in [0.5, 0.6) is 0 Å². The topological polar surface area (TPSA) is 87.7 Å². The van der Waals surface area contributed by atoms with Gasteiger partial charge in [0.2, 0.25) is 5.28 Å². The maximum Gasteiger partial charge on any atom is 0.326 e. The number of hydrogen-bond acceptors (Lipinski definition) is 6. The summed E-state index contributed by atoms with van der Waals surface area (Å²) in [4.78, 5) is 29.4. The second kappa shape index (κ2) is 6.38. The average Bonchev–Trinajstić information content (AvgIpc) is 3.15. The molecule has 0 aliphatic carbocycles. The minimum Gasteiger partial charge on any atom is -0.465 e. The molecule has 0 unspecified atom stereocenters. The van der Waals surface area contributed by atoms with E-state index in [2.05, 4.69) is 19.9 Å². The minimum atomic E-state index is -0.368. The molecule has 0 saturated heterocycles. The number of halogens is 1. The number of ether oxygens (including phenoxy) is 1. The van der Waals surface area contributed by atoms with Gasteiger partial charge in [0.15, 0.2) is 17.0 Å². The monoisotopic (exact) mass is 370 g/mol. The molecule has 3 heterocycles. The first-order valence-corrected chi connectivity index (χ1v) is 8.44. The van der Waals surface area contributed by atoms with Crippen molar-refractivity contribution in [2.45, 2.75) is 20.4 Å². The first-order chi connectivity index (χ1) is 12.6. The predicted molar refractivity (Wildman–Crippen MR) is 96.3 cm³/mol. The minimum absolute atomic E-state index is 0.000774. The zero-order valence-electron chi connectivity index (χ0n) is 14.2. The number of aryl methyl sites for hydroxylation is 1. The van der Waals surface area contributed by atoms with Crippen LogP contribution in [0.2, 0.25) is 5.28 Å². The Hall–Kier alpha value is -3.00. The summed E-state index contributed by atoms with van der Waals surface area (Å²) in [6, 6.07) is 7.74. The molecular formula is C17H15ClN6O2. The number of hydrogen-bond donors (Lipinski definition) is 0. The van der Waals surface area contributed by atoms with Gasteiger partial charge in [0.1, 0.15) is 12.4 Å². The number of esters is 1. The molecule has 0 saturated carbocycles. The Kier molecular flexibility index (Phi) is 4.04. The number of aromatic nitrogens is 6. The van der Waals surface area contributed by atoms with Crippen molar-refractivity contribution in [3.63, 3.8) is 0 Å². The van der Waals surface area contributed by atoms with Gasteiger partial charge in [-0.15, -0.1) is 0 Å². The van der Waals surface area contributed by atoms with Gasteiger partial charge in [-0.1, -0.05) is 12.1 Å². The molecule has 0 spiro atoms. The molecule has 26 heavy (non-hydrogen) atoms. The van der Waals surface area contributed by atoms with Gasteiger partial charge in [0, 0.05) is 0 Å². The first kappa shape index (κ1) is 16.5. The predicted octanol–water partition coefficient (Wildman–Crippen LogP) is 2.69. The normalized spacial score (nSPS) is 11.3. The van der Waals surface area contributed by atoms with E-state index in [-0.39, 0.29) is 17.8 Å². The third kappa shape index (κ3) is 2.68. The number of para-hydroxylation sites is 2. The van der Waals surface area contributed by atoms with Gasteiger partial charge in [0.25, 0.3) is 0 Å². The van der Waals surface area contributed by atoms with Gasteiger partial charge in [-0.25, -0.2) is 9.97 Å². The summed E-state index contributed by atoms with van der Waals surface area (Å²) in [7, 11) is 0. The molecule has 4 rings (SSSR count). The van der Waals surface area contributed by atoms with Gasteiger partial charge in [-0.2, -0.15) is 9.97 Å². The number of rotatable bonds is 4. The van der Waals surface area contributed by atoms with Gasteiger partial charge < -0.3 is 9.30 Å². The third-order valence-corrected chi connectivity index (χ3v) is 4.13. The fourth-order valence-electron chi connectivity index (χ4n) is 2.93. The van der Waals surface area contributed by atoms with Crippen LogP contribution in [0.25, 0.3) is 28.0 Å². The van der Waals surface area contributed by atoms with E-state index in [1.165, 1.54) is 6.33 Å². The number of nitrogens with zero attached hydrogens (tertiary/aromatic N) is 6. The quantitative estimate of drug-likeness (QED) is 0.405. The van der Waals surface area contributed by atoms with Gasteiger partial charge in [-0.3, -0.25) is 9.36 Å². The van der Waals surface area contributed by atoms with E-state index in [4.69, 9.17) is 16.3 Å². The molecule has 9 heteroatoms. The molecular weight excluding hydrogens is 356 g/mol. The van der Waals surface area contributed by atoms with Crippen LogP contribution in [0, 0.1) is 6.92 Å². The van der Waals surface area contributed by atoms with Crippen LogP contribution in [-0.2, 0) is 16.1 Å². The molecule has 132 valence electrons. The lowest BCUT2D eigenvalue weighted by atomic mass is 10.3. The van der Waals surface area contributed by atoms with E-state index >= 15 is 0 Å². The summed E-state index contributed by atoms with van der Waals surface area (Å²) in [5.41, 5.74) is 2.73. The van der Waals surface area contributed by atoms with Crippen molar-refractivity contribution >= 4 is 39.8 Å². The van der Waals surface area contributed by atoms with E-state index < -0.39 is 0 Å². The fourth-order valence-corrected chi connectivity index (χ4v) is 3.09. The van der Waals surface area contributed by atoms with Crippen LogP contribution in [0.3, 0.4) is 0 Å². The van der Waals surface area contributed by atoms with E-state index in [9.17, 15) is 4.79 Å². The van der Waals surface area contributed by atoms with Crippen LogP contribution in [0.4, 0.5) is 0 Å². The third-order valence-electron chi connectivity index (χ3n) is 3.96.